The second kappa shape index (κ2) is 8.06. The molecule has 25 heavy (non-hydrogen) atoms. The molecule has 0 radical (unpaired) electrons. The smallest absolute Gasteiger partial charge is 0.319 e. The number of rotatable bonds is 4. The maximum atomic E-state index is 12.3. The summed E-state index contributed by atoms with van der Waals surface area (Å²) in [5.41, 5.74) is 7.34. The molecule has 1 saturated heterocycles. The first kappa shape index (κ1) is 19.5. The van der Waals surface area contributed by atoms with Crippen LogP contribution in [0.1, 0.15) is 31.2 Å². The quantitative estimate of drug-likeness (QED) is 0.763. The first-order chi connectivity index (χ1) is 11.5. The van der Waals surface area contributed by atoms with Crippen LogP contribution in [0.2, 0.25) is 0 Å². The van der Waals surface area contributed by atoms with Crippen molar-refractivity contribution >= 4 is 30.0 Å². The molecule has 0 bridgehead atoms. The molecule has 2 fully saturated rings. The highest BCUT2D eigenvalue weighted by atomic mass is 35.5. The fourth-order valence-electron chi connectivity index (χ4n) is 3.13. The largest absolute Gasteiger partial charge is 0.341 e. The predicted molar refractivity (Wildman–Crippen MR) is 101 cm³/mol. The fraction of sp³-hybridized carbons (Fsp3) is 0.556. The van der Waals surface area contributed by atoms with E-state index in [0.29, 0.717) is 13.1 Å². The number of nitrogens with zero attached hydrogens (tertiary/aromatic N) is 1. The van der Waals surface area contributed by atoms with E-state index in [4.69, 9.17) is 5.73 Å². The van der Waals surface area contributed by atoms with E-state index in [9.17, 15) is 9.59 Å². The Morgan fingerprint density at radius 3 is 2.60 bits per heavy atom. The average Bonchev–Trinajstić information content (AvgIpc) is 3.33. The van der Waals surface area contributed by atoms with Gasteiger partial charge in [0.2, 0.25) is 5.91 Å². The van der Waals surface area contributed by atoms with E-state index in [1.54, 1.807) is 0 Å². The first-order valence-electron chi connectivity index (χ1n) is 8.66. The molecule has 1 aliphatic carbocycles. The number of nitrogens with one attached hydrogen (secondary N) is 2. The van der Waals surface area contributed by atoms with Gasteiger partial charge < -0.3 is 21.3 Å². The lowest BCUT2D eigenvalue weighted by molar-refractivity contribution is -0.135. The third kappa shape index (κ3) is 5.09. The molecule has 2 aliphatic rings. The number of aryl methyl sites for hydroxylation is 1. The summed E-state index contributed by atoms with van der Waals surface area (Å²) in [6.45, 7) is 4.04. The number of carbonyl (C=O) groups is 2. The Morgan fingerprint density at radius 2 is 1.96 bits per heavy atom. The van der Waals surface area contributed by atoms with Crippen LogP contribution >= 0.6 is 12.4 Å². The molecule has 6 nitrogen and oxygen atoms in total. The maximum absolute atomic E-state index is 12.3. The molecular formula is C18H27ClN4O2. The van der Waals surface area contributed by atoms with E-state index in [1.807, 2.05) is 36.1 Å². The summed E-state index contributed by atoms with van der Waals surface area (Å²) in [5.74, 6) is 0.366. The molecule has 3 amide bonds. The van der Waals surface area contributed by atoms with E-state index < -0.39 is 5.54 Å². The normalized spacial score (nSPS) is 21.0. The van der Waals surface area contributed by atoms with Gasteiger partial charge in [-0.3, -0.25) is 4.79 Å². The zero-order chi connectivity index (χ0) is 17.2. The highest BCUT2D eigenvalue weighted by molar-refractivity contribution is 5.90. The van der Waals surface area contributed by atoms with Crippen LogP contribution in [-0.2, 0) is 4.79 Å². The van der Waals surface area contributed by atoms with Gasteiger partial charge in [-0.25, -0.2) is 4.79 Å². The molecule has 138 valence electrons. The Labute approximate surface area is 154 Å². The summed E-state index contributed by atoms with van der Waals surface area (Å²) in [4.78, 5) is 26.2. The van der Waals surface area contributed by atoms with Crippen molar-refractivity contribution in [2.75, 3.05) is 25.0 Å². The van der Waals surface area contributed by atoms with Gasteiger partial charge in [-0.1, -0.05) is 17.7 Å². The van der Waals surface area contributed by atoms with Crippen molar-refractivity contribution in [3.05, 3.63) is 29.8 Å². The molecule has 1 saturated carbocycles. The Hall–Kier alpha value is -1.79. The minimum Gasteiger partial charge on any atom is -0.341 e. The molecule has 1 heterocycles. The lowest BCUT2D eigenvalue weighted by Crippen LogP contribution is -2.51. The average molecular weight is 367 g/mol. The van der Waals surface area contributed by atoms with Gasteiger partial charge in [-0.05, 0) is 50.7 Å². The predicted octanol–water partition coefficient (Wildman–Crippen LogP) is 2.27. The van der Waals surface area contributed by atoms with Crippen LogP contribution in [0.4, 0.5) is 10.5 Å². The second-order valence-corrected chi connectivity index (χ2v) is 7.12. The third-order valence-electron chi connectivity index (χ3n) is 4.88. The van der Waals surface area contributed by atoms with Gasteiger partial charge >= 0.3 is 6.03 Å². The number of carbonyl (C=O) groups excluding carboxylic acids is 2. The van der Waals surface area contributed by atoms with Crippen LogP contribution in [0, 0.1) is 12.8 Å². The van der Waals surface area contributed by atoms with E-state index >= 15 is 0 Å². The monoisotopic (exact) mass is 366 g/mol. The standard InChI is InChI=1S/C18H26N4O2.ClH/c1-13-4-6-15(7-5-13)21-17(24)20-11-14-3-2-10-22(12-14)16(23)18(19)8-9-18;/h4-7,14H,2-3,8-12,19H2,1H3,(H2,20,21,24);1H. The Morgan fingerprint density at radius 1 is 1.28 bits per heavy atom. The summed E-state index contributed by atoms with van der Waals surface area (Å²) in [6, 6.07) is 7.47. The number of halogens is 1. The Bertz CT molecular complexity index is 616. The summed E-state index contributed by atoms with van der Waals surface area (Å²) >= 11 is 0. The fourth-order valence-corrected chi connectivity index (χ4v) is 3.13. The topological polar surface area (TPSA) is 87.5 Å². The molecule has 3 rings (SSSR count). The lowest BCUT2D eigenvalue weighted by Gasteiger charge is -2.34. The minimum absolute atomic E-state index is 0. The van der Waals surface area contributed by atoms with Gasteiger partial charge in [-0.2, -0.15) is 0 Å². The highest BCUT2D eigenvalue weighted by Gasteiger charge is 2.48. The zero-order valence-corrected chi connectivity index (χ0v) is 15.4. The Kier molecular flexibility index (Phi) is 6.30. The molecule has 7 heteroatoms. The summed E-state index contributed by atoms with van der Waals surface area (Å²) in [6.07, 6.45) is 3.58. The van der Waals surface area contributed by atoms with E-state index in [2.05, 4.69) is 10.6 Å². The highest BCUT2D eigenvalue weighted by Crippen LogP contribution is 2.35. The van der Waals surface area contributed by atoms with E-state index in [-0.39, 0.29) is 30.3 Å². The summed E-state index contributed by atoms with van der Waals surface area (Å²) in [5, 5.41) is 5.74. The van der Waals surface area contributed by atoms with Gasteiger partial charge in [0.1, 0.15) is 0 Å². The SMILES string of the molecule is Cc1ccc(NC(=O)NCC2CCCN(C(=O)C3(N)CC3)C2)cc1.Cl. The van der Waals surface area contributed by atoms with Crippen molar-refractivity contribution < 1.29 is 9.59 Å². The van der Waals surface area contributed by atoms with E-state index in [1.165, 1.54) is 0 Å². The number of benzene rings is 1. The van der Waals surface area contributed by atoms with Crippen LogP contribution in [-0.4, -0.2) is 42.0 Å². The van der Waals surface area contributed by atoms with Crippen LogP contribution in [0.25, 0.3) is 0 Å². The number of piperidine rings is 1. The van der Waals surface area contributed by atoms with Gasteiger partial charge in [-0.15, -0.1) is 12.4 Å². The number of hydrogen-bond donors (Lipinski definition) is 3. The van der Waals surface area contributed by atoms with Gasteiger partial charge in [0.15, 0.2) is 0 Å². The van der Waals surface area contributed by atoms with E-state index in [0.717, 1.165) is 43.5 Å². The van der Waals surface area contributed by atoms with Crippen LogP contribution < -0.4 is 16.4 Å². The van der Waals surface area contributed by atoms with Crippen molar-refractivity contribution in [1.82, 2.24) is 10.2 Å². The van der Waals surface area contributed by atoms with Crippen molar-refractivity contribution in [2.45, 2.75) is 38.1 Å². The number of anilines is 1. The molecule has 1 aromatic carbocycles. The van der Waals surface area contributed by atoms with Crippen LogP contribution in [0.5, 0.6) is 0 Å². The first-order valence-corrected chi connectivity index (χ1v) is 8.66. The summed E-state index contributed by atoms with van der Waals surface area (Å²) in [7, 11) is 0. The molecule has 1 aliphatic heterocycles. The number of hydrogen-bond acceptors (Lipinski definition) is 3. The number of nitrogens with two attached hydrogens (primary N) is 1. The van der Waals surface area contributed by atoms with Crippen LogP contribution in [0.15, 0.2) is 24.3 Å². The van der Waals surface area contributed by atoms with Gasteiger partial charge in [0.25, 0.3) is 0 Å². The van der Waals surface area contributed by atoms with Gasteiger partial charge in [0.05, 0.1) is 5.54 Å². The number of likely N-dealkylation sites (tertiary alicyclic amines) is 1. The molecule has 1 aromatic rings. The molecule has 0 spiro atoms. The Balaban J connectivity index is 0.00000225. The molecular weight excluding hydrogens is 340 g/mol. The van der Waals surface area contributed by atoms with Crippen molar-refractivity contribution in [1.29, 1.82) is 0 Å². The maximum Gasteiger partial charge on any atom is 0.319 e. The minimum atomic E-state index is -0.599. The van der Waals surface area contributed by atoms with Crippen molar-refractivity contribution in [2.24, 2.45) is 11.7 Å². The zero-order valence-electron chi connectivity index (χ0n) is 14.6. The van der Waals surface area contributed by atoms with Crippen molar-refractivity contribution in [3.8, 4) is 0 Å². The number of amides is 3. The second-order valence-electron chi connectivity index (χ2n) is 7.12. The van der Waals surface area contributed by atoms with Crippen LogP contribution in [0.3, 0.4) is 0 Å². The summed E-state index contributed by atoms with van der Waals surface area (Å²) < 4.78 is 0. The molecule has 1 atom stereocenters. The number of urea groups is 1. The molecule has 1 unspecified atom stereocenters. The third-order valence-corrected chi connectivity index (χ3v) is 4.88. The van der Waals surface area contributed by atoms with Gasteiger partial charge in [0, 0.05) is 25.3 Å². The lowest BCUT2D eigenvalue weighted by atomic mass is 9.97. The van der Waals surface area contributed by atoms with Crippen molar-refractivity contribution in [3.63, 3.8) is 0 Å². The molecule has 0 aromatic heterocycles. The molecule has 4 N–H and O–H groups in total.